The molecule has 0 spiro atoms. The molecule has 0 radical (unpaired) electrons. The summed E-state index contributed by atoms with van der Waals surface area (Å²) in [4.78, 5) is 23.0. The average Bonchev–Trinajstić information content (AvgIpc) is 3.56. The molecule has 39 heavy (non-hydrogen) atoms. The number of hydrogen-bond donors (Lipinski definition) is 1. The summed E-state index contributed by atoms with van der Waals surface area (Å²) in [7, 11) is 1.56. The van der Waals surface area contributed by atoms with E-state index in [9.17, 15) is 14.7 Å². The number of aromatic nitrogens is 2. The quantitative estimate of drug-likeness (QED) is 0.242. The Labute approximate surface area is 224 Å². The molecule has 5 aromatic rings. The normalized spacial score (nSPS) is 16.4. The van der Waals surface area contributed by atoms with E-state index < -0.39 is 11.8 Å². The first-order valence-electron chi connectivity index (χ1n) is 12.1. The maximum Gasteiger partial charge on any atom is 0.342 e. The molecule has 8 heteroatoms. The Balaban J connectivity index is 0.000000332. The molecule has 6 rings (SSSR count). The highest BCUT2D eigenvalue weighted by Crippen LogP contribution is 2.45. The topological polar surface area (TPSA) is 112 Å². The zero-order valence-corrected chi connectivity index (χ0v) is 21.0. The van der Waals surface area contributed by atoms with Crippen molar-refractivity contribution >= 4 is 28.9 Å². The summed E-state index contributed by atoms with van der Waals surface area (Å²) in [5, 5.41) is 19.3. The molecule has 0 saturated carbocycles. The van der Waals surface area contributed by atoms with Crippen molar-refractivity contribution in [2.45, 2.75) is 12.2 Å². The third-order valence-corrected chi connectivity index (χ3v) is 6.34. The number of benzene rings is 4. The summed E-state index contributed by atoms with van der Waals surface area (Å²) in [6.45, 7) is 0. The van der Waals surface area contributed by atoms with Crippen LogP contribution in [0.25, 0.3) is 16.6 Å². The fourth-order valence-electron chi connectivity index (χ4n) is 4.36. The lowest BCUT2D eigenvalue weighted by Gasteiger charge is -2.26. The number of ether oxygens (including phenoxy) is 2. The molecule has 0 amide bonds. The number of carbonyl (C=O) groups excluding carboxylic acids is 2. The van der Waals surface area contributed by atoms with Crippen molar-refractivity contribution in [1.82, 2.24) is 10.3 Å². The van der Waals surface area contributed by atoms with Crippen molar-refractivity contribution in [1.29, 1.82) is 0 Å². The molecule has 0 saturated heterocycles. The van der Waals surface area contributed by atoms with Gasteiger partial charge in [0.05, 0.1) is 12.7 Å². The number of rotatable bonds is 6. The van der Waals surface area contributed by atoms with Gasteiger partial charge in [-0.15, -0.1) is 0 Å². The van der Waals surface area contributed by atoms with Crippen LogP contribution in [0.4, 0.5) is 0 Å². The van der Waals surface area contributed by atoms with Crippen LogP contribution >= 0.6 is 0 Å². The fraction of sp³-hybridized carbons (Fsp3) is 0.0968. The van der Waals surface area contributed by atoms with Crippen molar-refractivity contribution in [3.8, 4) is 5.75 Å². The lowest BCUT2D eigenvalue weighted by Crippen LogP contribution is -2.29. The number of aliphatic hydroxyl groups is 1. The molecule has 4 aromatic carbocycles. The van der Waals surface area contributed by atoms with Gasteiger partial charge in [-0.1, -0.05) is 66.7 Å². The van der Waals surface area contributed by atoms with E-state index >= 15 is 0 Å². The zero-order valence-electron chi connectivity index (χ0n) is 21.0. The van der Waals surface area contributed by atoms with Crippen LogP contribution in [-0.2, 0) is 21.7 Å². The molecule has 8 nitrogen and oxygen atoms in total. The Hall–Kier alpha value is -5.08. The smallest absolute Gasteiger partial charge is 0.342 e. The van der Waals surface area contributed by atoms with Gasteiger partial charge in [-0.25, -0.2) is 9.42 Å². The molecule has 1 aliphatic rings. The van der Waals surface area contributed by atoms with Crippen LogP contribution in [0.2, 0.25) is 0 Å². The molecular weight excluding hydrogens is 496 g/mol. The molecule has 1 aliphatic heterocycles. The first-order chi connectivity index (χ1) is 19.0. The van der Waals surface area contributed by atoms with Crippen LogP contribution in [-0.4, -0.2) is 34.8 Å². The summed E-state index contributed by atoms with van der Waals surface area (Å²) in [5.41, 5.74) is 4.51. The lowest BCUT2D eigenvalue weighted by atomic mass is 9.88. The molecule has 0 fully saturated rings. The molecule has 0 bridgehead atoms. The van der Waals surface area contributed by atoms with Gasteiger partial charge in [-0.3, -0.25) is 4.79 Å². The molecule has 194 valence electrons. The van der Waals surface area contributed by atoms with Crippen LogP contribution in [0.15, 0.2) is 113 Å². The monoisotopic (exact) mass is 520 g/mol. The van der Waals surface area contributed by atoms with Gasteiger partial charge in [0.2, 0.25) is 0 Å². The molecule has 0 aliphatic carbocycles. The second kappa shape index (κ2) is 11.1. The molecule has 1 unspecified atom stereocenters. The molecule has 1 atom stereocenters. The van der Waals surface area contributed by atoms with E-state index in [0.29, 0.717) is 45.5 Å². The third kappa shape index (κ3) is 5.32. The third-order valence-electron chi connectivity index (χ3n) is 6.34. The first kappa shape index (κ1) is 25.6. The highest BCUT2D eigenvalue weighted by atomic mass is 16.7. The minimum atomic E-state index is -1.91. The second-order valence-corrected chi connectivity index (χ2v) is 8.77. The summed E-state index contributed by atoms with van der Waals surface area (Å²) in [6.07, 6.45) is 1.15. The van der Waals surface area contributed by atoms with Crippen LogP contribution in [0.3, 0.4) is 0 Å². The summed E-state index contributed by atoms with van der Waals surface area (Å²) >= 11 is 0. The Bertz CT molecular complexity index is 1630. The van der Waals surface area contributed by atoms with Gasteiger partial charge < -0.3 is 14.6 Å². The van der Waals surface area contributed by atoms with E-state index in [1.165, 1.54) is 0 Å². The van der Waals surface area contributed by atoms with E-state index in [2.05, 4.69) is 10.3 Å². The van der Waals surface area contributed by atoms with Gasteiger partial charge in [0, 0.05) is 23.1 Å². The number of cyclic esters (lactones) is 1. The van der Waals surface area contributed by atoms with E-state index in [4.69, 9.17) is 14.1 Å². The van der Waals surface area contributed by atoms with Gasteiger partial charge in [0.1, 0.15) is 23.1 Å². The van der Waals surface area contributed by atoms with E-state index in [1.807, 2.05) is 48.5 Å². The van der Waals surface area contributed by atoms with Crippen molar-refractivity contribution in [3.05, 3.63) is 131 Å². The molecule has 1 N–H and O–H groups in total. The van der Waals surface area contributed by atoms with Gasteiger partial charge in [0.25, 0.3) is 5.79 Å². The highest BCUT2D eigenvalue weighted by Gasteiger charge is 2.48. The van der Waals surface area contributed by atoms with Crippen molar-refractivity contribution in [3.63, 3.8) is 0 Å². The standard InChI is InChI=1S/C24H18N2O5.C7H6O/c1-29-18-10-8-17(9-11-18)24(28)19(13-15-5-3-2-4-6-15)22(23(27)30-24)16-7-12-20-21(14-16)26-31-25-20;8-6-7-4-2-1-3-5-7/h2-12,14,28H,13H2,1H3;1-6H. The number of fused-ring (bicyclic) bond motifs is 1. The maximum absolute atomic E-state index is 13.0. The molecular formula is C31H24N2O6. The average molecular weight is 521 g/mol. The minimum Gasteiger partial charge on any atom is -0.497 e. The van der Waals surface area contributed by atoms with Crippen LogP contribution < -0.4 is 4.74 Å². The lowest BCUT2D eigenvalue weighted by molar-refractivity contribution is -0.185. The second-order valence-electron chi connectivity index (χ2n) is 8.77. The first-order valence-corrected chi connectivity index (χ1v) is 12.1. The molecule has 1 aromatic heterocycles. The fourth-order valence-corrected chi connectivity index (χ4v) is 4.36. The Morgan fingerprint density at radius 3 is 2.18 bits per heavy atom. The maximum atomic E-state index is 13.0. The SMILES string of the molecule is COc1ccc(C2(O)OC(=O)C(c3ccc4nonc4c3)=C2Cc2ccccc2)cc1.O=Cc1ccccc1. The van der Waals surface area contributed by atoms with Crippen molar-refractivity contribution < 1.29 is 28.8 Å². The molecule has 2 heterocycles. The Morgan fingerprint density at radius 2 is 1.54 bits per heavy atom. The summed E-state index contributed by atoms with van der Waals surface area (Å²) in [5.74, 6) is -1.89. The number of esters is 1. The number of hydrogen-bond acceptors (Lipinski definition) is 8. The number of aldehydes is 1. The van der Waals surface area contributed by atoms with Crippen molar-refractivity contribution in [2.24, 2.45) is 0 Å². The zero-order chi connectivity index (χ0) is 27.2. The largest absolute Gasteiger partial charge is 0.497 e. The number of carbonyl (C=O) groups is 2. The van der Waals surface area contributed by atoms with E-state index in [-0.39, 0.29) is 0 Å². The summed E-state index contributed by atoms with van der Waals surface area (Å²) in [6, 6.07) is 30.7. The van der Waals surface area contributed by atoms with E-state index in [1.54, 1.807) is 61.7 Å². The highest BCUT2D eigenvalue weighted by molar-refractivity contribution is 6.20. The predicted octanol–water partition coefficient (Wildman–Crippen LogP) is 5.13. The Morgan fingerprint density at radius 1 is 0.872 bits per heavy atom. The van der Waals surface area contributed by atoms with E-state index in [0.717, 1.165) is 17.4 Å². The van der Waals surface area contributed by atoms with Gasteiger partial charge in [-0.05, 0) is 57.8 Å². The minimum absolute atomic E-state index is 0.298. The van der Waals surface area contributed by atoms with Gasteiger partial charge in [-0.2, -0.15) is 0 Å². The van der Waals surface area contributed by atoms with Crippen LogP contribution in [0, 0.1) is 0 Å². The van der Waals surface area contributed by atoms with Crippen LogP contribution in [0.5, 0.6) is 5.75 Å². The summed E-state index contributed by atoms with van der Waals surface area (Å²) < 4.78 is 15.6. The van der Waals surface area contributed by atoms with Gasteiger partial charge in [0.15, 0.2) is 0 Å². The predicted molar refractivity (Wildman–Crippen MR) is 144 cm³/mol. The number of methoxy groups -OCH3 is 1. The Kier molecular flexibility index (Phi) is 7.29. The van der Waals surface area contributed by atoms with Crippen molar-refractivity contribution in [2.75, 3.05) is 7.11 Å². The van der Waals surface area contributed by atoms with Gasteiger partial charge >= 0.3 is 5.97 Å². The van der Waals surface area contributed by atoms with Crippen LogP contribution in [0.1, 0.15) is 27.0 Å². The number of nitrogens with zero attached hydrogens (tertiary/aromatic N) is 2.